The third-order valence-electron chi connectivity index (χ3n) is 0.879. The monoisotopic (exact) mass is 218 g/mol. The summed E-state index contributed by atoms with van der Waals surface area (Å²) in [5.41, 5.74) is 0. The number of hydrogen-bond acceptors (Lipinski definition) is 2. The van der Waals surface area contributed by atoms with Crippen LogP contribution >= 0.6 is 34.8 Å². The molecule has 0 amide bonds. The first-order valence-electron chi connectivity index (χ1n) is 3.05. The normalized spacial score (nSPS) is 14.5. The molecular weight excluding hydrogens is 210 g/mol. The predicted molar refractivity (Wildman–Crippen MR) is 46.3 cm³/mol. The van der Waals surface area contributed by atoms with E-state index in [0.29, 0.717) is 0 Å². The average Bonchev–Trinajstić information content (AvgIpc) is 1.85. The van der Waals surface area contributed by atoms with Crippen LogP contribution in [0.25, 0.3) is 0 Å². The highest BCUT2D eigenvalue weighted by Crippen LogP contribution is 2.25. The van der Waals surface area contributed by atoms with Crippen LogP contribution in [0, 0.1) is 5.92 Å². The maximum absolute atomic E-state index is 10.1. The number of carbonyl (C=O) groups excluding carboxylic acids is 1. The van der Waals surface area contributed by atoms with Crippen LogP contribution < -0.4 is 0 Å². The minimum Gasteiger partial charge on any atom is -0.376 e. The third kappa shape index (κ3) is 8.41. The first-order valence-corrected chi connectivity index (χ1v) is 4.19. The summed E-state index contributed by atoms with van der Waals surface area (Å²) in [6.07, 6.45) is 0.790. The fourth-order valence-corrected chi connectivity index (χ4v) is 0.631. The van der Waals surface area contributed by atoms with Crippen LogP contribution in [0.2, 0.25) is 0 Å². The van der Waals surface area contributed by atoms with Gasteiger partial charge in [-0.25, -0.2) is 0 Å². The van der Waals surface area contributed by atoms with Crippen molar-refractivity contribution in [3.63, 3.8) is 0 Å². The van der Waals surface area contributed by atoms with Crippen molar-refractivity contribution in [3.05, 3.63) is 0 Å². The molecule has 1 unspecified atom stereocenters. The van der Waals surface area contributed by atoms with Crippen LogP contribution in [-0.2, 0) is 9.53 Å². The van der Waals surface area contributed by atoms with Gasteiger partial charge in [0.15, 0.2) is 0 Å². The van der Waals surface area contributed by atoms with Crippen molar-refractivity contribution in [1.29, 1.82) is 0 Å². The molecule has 0 heterocycles. The van der Waals surface area contributed by atoms with E-state index < -0.39 is 3.79 Å². The third-order valence-corrected chi connectivity index (χ3v) is 1.21. The van der Waals surface area contributed by atoms with Crippen molar-refractivity contribution in [2.24, 2.45) is 5.92 Å². The zero-order valence-electron chi connectivity index (χ0n) is 6.02. The molecule has 2 nitrogen and oxygen atoms in total. The smallest absolute Gasteiger partial charge is 0.213 e. The molecule has 11 heavy (non-hydrogen) atoms. The van der Waals surface area contributed by atoms with E-state index in [9.17, 15) is 4.79 Å². The van der Waals surface area contributed by atoms with Crippen LogP contribution in [0.1, 0.15) is 6.92 Å². The van der Waals surface area contributed by atoms with Gasteiger partial charge in [0.2, 0.25) is 3.79 Å². The van der Waals surface area contributed by atoms with Crippen molar-refractivity contribution in [2.45, 2.75) is 10.7 Å². The zero-order chi connectivity index (χ0) is 8.91. The lowest BCUT2D eigenvalue weighted by Gasteiger charge is -2.11. The van der Waals surface area contributed by atoms with E-state index in [1.54, 1.807) is 6.92 Å². The van der Waals surface area contributed by atoms with Gasteiger partial charge in [-0.2, -0.15) is 0 Å². The molecule has 0 aliphatic carbocycles. The van der Waals surface area contributed by atoms with E-state index in [2.05, 4.69) is 0 Å². The topological polar surface area (TPSA) is 26.3 Å². The molecule has 0 saturated carbocycles. The Kier molecular flexibility index (Phi) is 5.44. The molecule has 0 rings (SSSR count). The second-order valence-electron chi connectivity index (χ2n) is 2.24. The number of hydrogen-bond donors (Lipinski definition) is 0. The second kappa shape index (κ2) is 5.20. The predicted octanol–water partition coefficient (Wildman–Crippen LogP) is 2.21. The molecule has 5 heteroatoms. The van der Waals surface area contributed by atoms with Gasteiger partial charge >= 0.3 is 0 Å². The number of aldehydes is 1. The number of alkyl halides is 3. The first kappa shape index (κ1) is 11.5. The van der Waals surface area contributed by atoms with Gasteiger partial charge in [0, 0.05) is 5.92 Å². The van der Waals surface area contributed by atoms with Gasteiger partial charge in [-0.1, -0.05) is 41.7 Å². The van der Waals surface area contributed by atoms with Crippen LogP contribution in [0.15, 0.2) is 0 Å². The lowest BCUT2D eigenvalue weighted by atomic mass is 10.2. The Labute approximate surface area is 80.7 Å². The molecule has 0 aromatic rings. The van der Waals surface area contributed by atoms with Crippen LogP contribution in [0.3, 0.4) is 0 Å². The number of halogens is 3. The quantitative estimate of drug-likeness (QED) is 0.535. The van der Waals surface area contributed by atoms with Crippen molar-refractivity contribution in [1.82, 2.24) is 0 Å². The van der Waals surface area contributed by atoms with Gasteiger partial charge in [0.05, 0.1) is 13.2 Å². The molecule has 0 saturated heterocycles. The Morgan fingerprint density at radius 3 is 2.45 bits per heavy atom. The molecule has 0 radical (unpaired) electrons. The fraction of sp³-hybridized carbons (Fsp3) is 0.833. The Bertz CT molecular complexity index is 121. The highest BCUT2D eigenvalue weighted by atomic mass is 35.6. The molecule has 0 bridgehead atoms. The van der Waals surface area contributed by atoms with Gasteiger partial charge in [0.1, 0.15) is 6.29 Å². The number of rotatable bonds is 4. The average molecular weight is 219 g/mol. The Morgan fingerprint density at radius 2 is 2.09 bits per heavy atom. The maximum Gasteiger partial charge on any atom is 0.213 e. The van der Waals surface area contributed by atoms with Crippen LogP contribution in [0.5, 0.6) is 0 Å². The van der Waals surface area contributed by atoms with Gasteiger partial charge in [0.25, 0.3) is 0 Å². The highest BCUT2D eigenvalue weighted by molar-refractivity contribution is 6.67. The Balaban J connectivity index is 3.35. The standard InChI is InChI=1S/C6H9Cl3O2/c1-5(2-10)3-11-4-6(7,8)9/h2,5H,3-4H2,1H3. The fourth-order valence-electron chi connectivity index (χ4n) is 0.400. The molecule has 0 spiro atoms. The second-order valence-corrected chi connectivity index (χ2v) is 4.76. The zero-order valence-corrected chi connectivity index (χ0v) is 8.29. The van der Waals surface area contributed by atoms with Gasteiger partial charge in [-0.05, 0) is 0 Å². The summed E-state index contributed by atoms with van der Waals surface area (Å²) in [6, 6.07) is 0. The van der Waals surface area contributed by atoms with E-state index in [-0.39, 0.29) is 19.1 Å². The van der Waals surface area contributed by atoms with Crippen LogP contribution in [-0.4, -0.2) is 23.3 Å². The first-order chi connectivity index (χ1) is 4.95. The van der Waals surface area contributed by atoms with E-state index in [4.69, 9.17) is 39.5 Å². The molecule has 1 atom stereocenters. The van der Waals surface area contributed by atoms with Gasteiger partial charge < -0.3 is 9.53 Å². The molecule has 0 N–H and O–H groups in total. The number of carbonyl (C=O) groups is 1. The summed E-state index contributed by atoms with van der Waals surface area (Å²) in [4.78, 5) is 10.1. The molecule has 0 aromatic carbocycles. The number of ether oxygens (including phenoxy) is 1. The van der Waals surface area contributed by atoms with Gasteiger partial charge in [-0.3, -0.25) is 0 Å². The summed E-state index contributed by atoms with van der Waals surface area (Å²) in [6.45, 7) is 2.03. The molecule has 0 aliphatic heterocycles. The summed E-state index contributed by atoms with van der Waals surface area (Å²) in [5.74, 6) is -0.151. The van der Waals surface area contributed by atoms with Crippen molar-refractivity contribution in [3.8, 4) is 0 Å². The maximum atomic E-state index is 10.1. The highest BCUT2D eigenvalue weighted by Gasteiger charge is 2.19. The SMILES string of the molecule is CC(C=O)COCC(Cl)(Cl)Cl. The lowest BCUT2D eigenvalue weighted by molar-refractivity contribution is -0.112. The molecule has 66 valence electrons. The summed E-state index contributed by atoms with van der Waals surface area (Å²) in [7, 11) is 0. The molecule has 0 aliphatic rings. The van der Waals surface area contributed by atoms with E-state index in [1.165, 1.54) is 0 Å². The Hall–Kier alpha value is 0.500. The molecule has 0 aromatic heterocycles. The summed E-state index contributed by atoms with van der Waals surface area (Å²) >= 11 is 16.1. The molecular formula is C6H9Cl3O2. The van der Waals surface area contributed by atoms with Crippen molar-refractivity contribution in [2.75, 3.05) is 13.2 Å². The largest absolute Gasteiger partial charge is 0.376 e. The molecule has 0 fully saturated rings. The Morgan fingerprint density at radius 1 is 1.55 bits per heavy atom. The summed E-state index contributed by atoms with van der Waals surface area (Å²) < 4.78 is 3.54. The lowest BCUT2D eigenvalue weighted by Crippen LogP contribution is -2.16. The summed E-state index contributed by atoms with van der Waals surface area (Å²) in [5, 5.41) is 0. The van der Waals surface area contributed by atoms with Crippen molar-refractivity contribution < 1.29 is 9.53 Å². The van der Waals surface area contributed by atoms with Crippen molar-refractivity contribution >= 4 is 41.1 Å². The van der Waals surface area contributed by atoms with E-state index in [0.717, 1.165) is 6.29 Å². The minimum absolute atomic E-state index is 0.00977. The van der Waals surface area contributed by atoms with E-state index in [1.807, 2.05) is 0 Å². The van der Waals surface area contributed by atoms with Crippen LogP contribution in [0.4, 0.5) is 0 Å². The minimum atomic E-state index is -1.39. The van der Waals surface area contributed by atoms with E-state index >= 15 is 0 Å². The van der Waals surface area contributed by atoms with Gasteiger partial charge in [-0.15, -0.1) is 0 Å².